The van der Waals surface area contributed by atoms with E-state index in [4.69, 9.17) is 5.11 Å². The Labute approximate surface area is 105 Å². The number of aryl methyl sites for hydroxylation is 1. The standard InChI is InChI=1S/C13H16N4O/c1-9-4-2-3-5-11(9)13-15-14-12-8-10(6-7-18)16-17(12)13/h2-5,8,13-15,18H,6-7H2,1H3. The number of fused-ring (bicyclic) bond motifs is 1. The summed E-state index contributed by atoms with van der Waals surface area (Å²) >= 11 is 0. The fourth-order valence-electron chi connectivity index (χ4n) is 2.28. The normalized spacial score (nSPS) is 17.6. The van der Waals surface area contributed by atoms with Gasteiger partial charge in [-0.25, -0.2) is 10.1 Å². The molecule has 18 heavy (non-hydrogen) atoms. The second-order valence-corrected chi connectivity index (χ2v) is 4.47. The molecule has 0 bridgehead atoms. The van der Waals surface area contributed by atoms with Gasteiger partial charge in [-0.3, -0.25) is 0 Å². The Morgan fingerprint density at radius 3 is 3.00 bits per heavy atom. The summed E-state index contributed by atoms with van der Waals surface area (Å²) in [5.41, 5.74) is 9.67. The van der Waals surface area contributed by atoms with Gasteiger partial charge < -0.3 is 10.5 Å². The van der Waals surface area contributed by atoms with E-state index in [-0.39, 0.29) is 12.8 Å². The highest BCUT2D eigenvalue weighted by Gasteiger charge is 2.25. The highest BCUT2D eigenvalue weighted by molar-refractivity contribution is 5.43. The van der Waals surface area contributed by atoms with E-state index in [2.05, 4.69) is 35.0 Å². The van der Waals surface area contributed by atoms with Gasteiger partial charge in [0.2, 0.25) is 0 Å². The van der Waals surface area contributed by atoms with Gasteiger partial charge in [0.1, 0.15) is 12.0 Å². The average molecular weight is 244 g/mol. The van der Waals surface area contributed by atoms with Crippen LogP contribution < -0.4 is 10.9 Å². The molecule has 1 atom stereocenters. The Bertz CT molecular complexity index is 564. The van der Waals surface area contributed by atoms with E-state index in [1.807, 2.05) is 22.9 Å². The number of aliphatic hydroxyl groups excluding tert-OH is 1. The predicted molar refractivity (Wildman–Crippen MR) is 69.1 cm³/mol. The van der Waals surface area contributed by atoms with Crippen LogP contribution in [0.2, 0.25) is 0 Å². The summed E-state index contributed by atoms with van der Waals surface area (Å²) in [6, 6.07) is 10.2. The maximum absolute atomic E-state index is 8.95. The van der Waals surface area contributed by atoms with Gasteiger partial charge in [-0.2, -0.15) is 5.10 Å². The van der Waals surface area contributed by atoms with Crippen LogP contribution >= 0.6 is 0 Å². The van der Waals surface area contributed by atoms with E-state index in [1.54, 1.807) is 0 Å². The molecule has 2 heterocycles. The van der Waals surface area contributed by atoms with Crippen molar-refractivity contribution in [1.29, 1.82) is 0 Å². The van der Waals surface area contributed by atoms with Crippen LogP contribution in [0.5, 0.6) is 0 Å². The molecule has 0 aliphatic carbocycles. The molecule has 1 aliphatic heterocycles. The van der Waals surface area contributed by atoms with Gasteiger partial charge in [0.25, 0.3) is 0 Å². The first-order chi connectivity index (χ1) is 8.79. The topological polar surface area (TPSA) is 62.1 Å². The Kier molecular flexibility index (Phi) is 2.77. The average Bonchev–Trinajstić information content (AvgIpc) is 2.90. The van der Waals surface area contributed by atoms with Crippen molar-refractivity contribution in [2.24, 2.45) is 0 Å². The maximum atomic E-state index is 8.95. The van der Waals surface area contributed by atoms with E-state index in [0.29, 0.717) is 6.42 Å². The minimum Gasteiger partial charge on any atom is -0.396 e. The van der Waals surface area contributed by atoms with Crippen molar-refractivity contribution >= 4 is 5.82 Å². The molecule has 5 heteroatoms. The summed E-state index contributed by atoms with van der Waals surface area (Å²) < 4.78 is 1.92. The van der Waals surface area contributed by atoms with Crippen molar-refractivity contribution in [2.45, 2.75) is 19.5 Å². The van der Waals surface area contributed by atoms with Crippen molar-refractivity contribution < 1.29 is 5.11 Å². The Morgan fingerprint density at radius 2 is 2.22 bits per heavy atom. The molecule has 1 aromatic heterocycles. The Balaban J connectivity index is 1.97. The number of benzene rings is 1. The molecule has 3 N–H and O–H groups in total. The summed E-state index contributed by atoms with van der Waals surface area (Å²) in [6.07, 6.45) is 0.593. The van der Waals surface area contributed by atoms with Crippen molar-refractivity contribution in [3.05, 3.63) is 47.2 Å². The van der Waals surface area contributed by atoms with Crippen LogP contribution in [-0.2, 0) is 6.42 Å². The molecule has 0 saturated carbocycles. The number of nitrogens with zero attached hydrogens (tertiary/aromatic N) is 2. The third kappa shape index (κ3) is 1.77. The summed E-state index contributed by atoms with van der Waals surface area (Å²) in [5.74, 6) is 0.937. The smallest absolute Gasteiger partial charge is 0.146 e. The SMILES string of the molecule is Cc1ccccc1C1NNc2cc(CCO)nn21. The molecule has 0 radical (unpaired) electrons. The van der Waals surface area contributed by atoms with Gasteiger partial charge in [0.15, 0.2) is 0 Å². The van der Waals surface area contributed by atoms with E-state index in [9.17, 15) is 0 Å². The molecule has 3 rings (SSSR count). The largest absolute Gasteiger partial charge is 0.396 e. The van der Waals surface area contributed by atoms with Crippen LogP contribution in [0, 0.1) is 6.92 Å². The third-order valence-corrected chi connectivity index (χ3v) is 3.22. The summed E-state index contributed by atoms with van der Waals surface area (Å²) in [5, 5.41) is 13.5. The monoisotopic (exact) mass is 244 g/mol. The van der Waals surface area contributed by atoms with E-state index >= 15 is 0 Å². The molecule has 2 aromatic rings. The third-order valence-electron chi connectivity index (χ3n) is 3.22. The number of aromatic nitrogens is 2. The maximum Gasteiger partial charge on any atom is 0.146 e. The molecule has 1 aliphatic rings. The van der Waals surface area contributed by atoms with Gasteiger partial charge in [0, 0.05) is 19.1 Å². The Hall–Kier alpha value is -1.85. The van der Waals surface area contributed by atoms with E-state index < -0.39 is 0 Å². The predicted octanol–water partition coefficient (Wildman–Crippen LogP) is 1.20. The first kappa shape index (κ1) is 11.3. The van der Waals surface area contributed by atoms with Gasteiger partial charge in [-0.15, -0.1) is 0 Å². The molecule has 0 spiro atoms. The first-order valence-corrected chi connectivity index (χ1v) is 6.06. The lowest BCUT2D eigenvalue weighted by Crippen LogP contribution is -2.24. The summed E-state index contributed by atoms with van der Waals surface area (Å²) in [4.78, 5) is 0. The van der Waals surface area contributed by atoms with Crippen molar-refractivity contribution in [3.63, 3.8) is 0 Å². The molecule has 0 saturated heterocycles. The zero-order valence-electron chi connectivity index (χ0n) is 10.2. The fraction of sp³-hybridized carbons (Fsp3) is 0.308. The molecular weight excluding hydrogens is 228 g/mol. The molecule has 0 amide bonds. The van der Waals surface area contributed by atoms with Crippen LogP contribution in [0.15, 0.2) is 30.3 Å². The number of nitrogens with one attached hydrogen (secondary N) is 2. The number of hydrogen-bond donors (Lipinski definition) is 3. The molecule has 1 aromatic carbocycles. The molecule has 5 nitrogen and oxygen atoms in total. The lowest BCUT2D eigenvalue weighted by atomic mass is 10.1. The second kappa shape index (κ2) is 4.44. The number of rotatable bonds is 3. The lowest BCUT2D eigenvalue weighted by molar-refractivity contribution is 0.297. The molecular formula is C13H16N4O. The molecule has 94 valence electrons. The highest BCUT2D eigenvalue weighted by atomic mass is 16.3. The Morgan fingerprint density at radius 1 is 1.39 bits per heavy atom. The zero-order valence-corrected chi connectivity index (χ0v) is 10.2. The number of aliphatic hydroxyl groups is 1. The van der Waals surface area contributed by atoms with Gasteiger partial charge in [-0.05, 0) is 18.1 Å². The minimum absolute atomic E-state index is 0.00800. The lowest BCUT2D eigenvalue weighted by Gasteiger charge is -2.14. The van der Waals surface area contributed by atoms with Crippen LogP contribution in [-0.4, -0.2) is 21.5 Å². The van der Waals surface area contributed by atoms with Crippen LogP contribution in [0.3, 0.4) is 0 Å². The van der Waals surface area contributed by atoms with Gasteiger partial charge >= 0.3 is 0 Å². The number of hydrogen-bond acceptors (Lipinski definition) is 4. The minimum atomic E-state index is 0.00800. The number of anilines is 1. The fourth-order valence-corrected chi connectivity index (χ4v) is 2.28. The van der Waals surface area contributed by atoms with E-state index in [1.165, 1.54) is 11.1 Å². The van der Waals surface area contributed by atoms with E-state index in [0.717, 1.165) is 11.5 Å². The number of hydrazine groups is 1. The summed E-state index contributed by atoms with van der Waals surface area (Å²) in [6.45, 7) is 2.21. The van der Waals surface area contributed by atoms with Crippen molar-refractivity contribution in [3.8, 4) is 0 Å². The van der Waals surface area contributed by atoms with Crippen molar-refractivity contribution in [1.82, 2.24) is 15.2 Å². The van der Waals surface area contributed by atoms with Gasteiger partial charge in [-0.1, -0.05) is 24.3 Å². The second-order valence-electron chi connectivity index (χ2n) is 4.47. The van der Waals surface area contributed by atoms with Crippen LogP contribution in [0.4, 0.5) is 5.82 Å². The zero-order chi connectivity index (χ0) is 12.5. The molecule has 1 unspecified atom stereocenters. The highest BCUT2D eigenvalue weighted by Crippen LogP contribution is 2.27. The van der Waals surface area contributed by atoms with Crippen molar-refractivity contribution in [2.75, 3.05) is 12.0 Å². The summed E-state index contributed by atoms with van der Waals surface area (Å²) in [7, 11) is 0. The molecule has 0 fully saturated rings. The quantitative estimate of drug-likeness (QED) is 0.759. The van der Waals surface area contributed by atoms with Crippen LogP contribution in [0.25, 0.3) is 0 Å². The van der Waals surface area contributed by atoms with Crippen LogP contribution in [0.1, 0.15) is 23.0 Å². The van der Waals surface area contributed by atoms with Gasteiger partial charge in [0.05, 0.1) is 5.69 Å². The first-order valence-electron chi connectivity index (χ1n) is 6.06.